The quantitative estimate of drug-likeness (QED) is 0.788. The van der Waals surface area contributed by atoms with E-state index in [1.165, 1.54) is 30.1 Å². The highest BCUT2D eigenvalue weighted by Gasteiger charge is 2.31. The summed E-state index contributed by atoms with van der Waals surface area (Å²) in [6.07, 6.45) is -2.75. The van der Waals surface area contributed by atoms with Crippen LogP contribution in [-0.2, 0) is 11.0 Å². The van der Waals surface area contributed by atoms with E-state index < -0.39 is 23.7 Å². The Hall–Kier alpha value is -2.84. The number of halogens is 3. The molecule has 1 aromatic heterocycles. The molecule has 1 atom stereocenters. The summed E-state index contributed by atoms with van der Waals surface area (Å²) >= 11 is 0. The van der Waals surface area contributed by atoms with Crippen LogP contribution in [0.5, 0.6) is 0 Å². The zero-order valence-corrected chi connectivity index (χ0v) is 16.1. The van der Waals surface area contributed by atoms with E-state index in [-0.39, 0.29) is 23.1 Å². The summed E-state index contributed by atoms with van der Waals surface area (Å²) < 4.78 is 40.1. The standard InChI is InChI=1S/C19H23F3N4O2/c1-11(2)8-16(18(28)23-4)25-17(27)15-10-24-26(12(15)3)14-7-5-6-13(9-14)19(20,21)22/h5-7,9-11,16H,8H2,1-4H3,(H,23,28)(H,25,27). The van der Waals surface area contributed by atoms with Gasteiger partial charge in [-0.3, -0.25) is 9.59 Å². The Balaban J connectivity index is 2.29. The lowest BCUT2D eigenvalue weighted by molar-refractivity contribution is -0.137. The van der Waals surface area contributed by atoms with Crippen LogP contribution in [0.1, 0.15) is 41.9 Å². The number of aromatic nitrogens is 2. The molecule has 1 aromatic carbocycles. The van der Waals surface area contributed by atoms with Crippen LogP contribution in [-0.4, -0.2) is 34.7 Å². The Kier molecular flexibility index (Phi) is 6.48. The molecular formula is C19H23F3N4O2. The number of benzene rings is 1. The molecule has 2 N–H and O–H groups in total. The van der Waals surface area contributed by atoms with E-state index >= 15 is 0 Å². The Labute approximate surface area is 161 Å². The van der Waals surface area contributed by atoms with Gasteiger partial charge in [-0.05, 0) is 37.5 Å². The predicted octanol–water partition coefficient (Wildman–Crippen LogP) is 3.09. The monoisotopic (exact) mass is 396 g/mol. The lowest BCUT2D eigenvalue weighted by Gasteiger charge is -2.19. The van der Waals surface area contributed by atoms with Gasteiger partial charge in [0.1, 0.15) is 6.04 Å². The number of nitrogens with zero attached hydrogens (tertiary/aromatic N) is 2. The summed E-state index contributed by atoms with van der Waals surface area (Å²) in [6, 6.07) is 3.98. The van der Waals surface area contributed by atoms with Gasteiger partial charge in [-0.15, -0.1) is 0 Å². The summed E-state index contributed by atoms with van der Waals surface area (Å²) in [5, 5.41) is 9.24. The third-order valence-corrected chi connectivity index (χ3v) is 4.25. The average molecular weight is 396 g/mol. The van der Waals surface area contributed by atoms with Crippen molar-refractivity contribution in [1.29, 1.82) is 0 Å². The summed E-state index contributed by atoms with van der Waals surface area (Å²) in [5.41, 5.74) is -0.0500. The molecule has 28 heavy (non-hydrogen) atoms. The molecule has 0 radical (unpaired) electrons. The largest absolute Gasteiger partial charge is 0.416 e. The lowest BCUT2D eigenvalue weighted by Crippen LogP contribution is -2.46. The molecule has 2 rings (SSSR count). The van der Waals surface area contributed by atoms with Crippen LogP contribution in [0.25, 0.3) is 5.69 Å². The van der Waals surface area contributed by atoms with E-state index in [1.54, 1.807) is 6.92 Å². The van der Waals surface area contributed by atoms with Crippen molar-refractivity contribution in [3.05, 3.63) is 47.3 Å². The van der Waals surface area contributed by atoms with Gasteiger partial charge in [-0.25, -0.2) is 4.68 Å². The molecule has 0 aliphatic heterocycles. The van der Waals surface area contributed by atoms with Crippen LogP contribution in [0.2, 0.25) is 0 Å². The second-order valence-electron chi connectivity index (χ2n) is 6.87. The van der Waals surface area contributed by atoms with Gasteiger partial charge in [-0.2, -0.15) is 18.3 Å². The summed E-state index contributed by atoms with van der Waals surface area (Å²) in [6.45, 7) is 5.44. The van der Waals surface area contributed by atoms with Crippen molar-refractivity contribution in [2.45, 2.75) is 39.4 Å². The lowest BCUT2D eigenvalue weighted by atomic mass is 10.0. The van der Waals surface area contributed by atoms with E-state index in [1.807, 2.05) is 13.8 Å². The highest BCUT2D eigenvalue weighted by molar-refractivity contribution is 5.98. The fraction of sp³-hybridized carbons (Fsp3) is 0.421. The Morgan fingerprint density at radius 3 is 2.50 bits per heavy atom. The first-order valence-corrected chi connectivity index (χ1v) is 8.79. The van der Waals surface area contributed by atoms with E-state index in [0.29, 0.717) is 12.1 Å². The van der Waals surface area contributed by atoms with Gasteiger partial charge in [0.25, 0.3) is 5.91 Å². The number of hydrogen-bond acceptors (Lipinski definition) is 3. The van der Waals surface area contributed by atoms with E-state index in [2.05, 4.69) is 15.7 Å². The van der Waals surface area contributed by atoms with Gasteiger partial charge < -0.3 is 10.6 Å². The van der Waals surface area contributed by atoms with E-state index in [9.17, 15) is 22.8 Å². The topological polar surface area (TPSA) is 76.0 Å². The molecule has 6 nitrogen and oxygen atoms in total. The van der Waals surface area contributed by atoms with Crippen molar-refractivity contribution in [3.63, 3.8) is 0 Å². The molecule has 0 aliphatic rings. The second kappa shape index (κ2) is 8.45. The maximum absolute atomic E-state index is 12.9. The van der Waals surface area contributed by atoms with Gasteiger partial charge in [0.2, 0.25) is 5.91 Å². The highest BCUT2D eigenvalue weighted by atomic mass is 19.4. The molecule has 0 spiro atoms. The van der Waals surface area contributed by atoms with E-state index in [0.717, 1.165) is 12.1 Å². The fourth-order valence-corrected chi connectivity index (χ4v) is 2.82. The fourth-order valence-electron chi connectivity index (χ4n) is 2.82. The highest BCUT2D eigenvalue weighted by Crippen LogP contribution is 2.30. The smallest absolute Gasteiger partial charge is 0.357 e. The molecular weight excluding hydrogens is 373 g/mol. The van der Waals surface area contributed by atoms with Gasteiger partial charge in [0, 0.05) is 7.05 Å². The predicted molar refractivity (Wildman–Crippen MR) is 98.1 cm³/mol. The SMILES string of the molecule is CNC(=O)C(CC(C)C)NC(=O)c1cnn(-c2cccc(C(F)(F)F)c2)c1C. The van der Waals surface area contributed by atoms with Crippen molar-refractivity contribution in [3.8, 4) is 5.69 Å². The first kappa shape index (κ1) is 21.5. The number of carbonyl (C=O) groups excluding carboxylic acids is 2. The molecule has 0 saturated carbocycles. The zero-order chi connectivity index (χ0) is 21.1. The molecule has 2 aromatic rings. The number of nitrogens with one attached hydrogen (secondary N) is 2. The molecule has 0 saturated heterocycles. The molecule has 0 bridgehead atoms. The van der Waals surface area contributed by atoms with Crippen LogP contribution >= 0.6 is 0 Å². The number of hydrogen-bond donors (Lipinski definition) is 2. The molecule has 0 fully saturated rings. The number of carbonyl (C=O) groups is 2. The molecule has 1 unspecified atom stereocenters. The van der Waals surface area contributed by atoms with Gasteiger partial charge in [0.05, 0.1) is 28.7 Å². The van der Waals surface area contributed by atoms with Crippen molar-refractivity contribution < 1.29 is 22.8 Å². The van der Waals surface area contributed by atoms with Crippen LogP contribution in [0.15, 0.2) is 30.5 Å². The van der Waals surface area contributed by atoms with Gasteiger partial charge in [0.15, 0.2) is 0 Å². The Morgan fingerprint density at radius 2 is 1.93 bits per heavy atom. The number of amides is 2. The molecule has 0 aliphatic carbocycles. The summed E-state index contributed by atoms with van der Waals surface area (Å²) in [4.78, 5) is 24.6. The molecule has 152 valence electrons. The molecule has 9 heteroatoms. The third kappa shape index (κ3) is 4.90. The maximum atomic E-state index is 12.9. The van der Waals surface area contributed by atoms with Crippen LogP contribution in [0.3, 0.4) is 0 Å². The van der Waals surface area contributed by atoms with Crippen molar-refractivity contribution >= 4 is 11.8 Å². The number of likely N-dealkylation sites (N-methyl/N-ethyl adjacent to an activating group) is 1. The first-order chi connectivity index (χ1) is 13.0. The second-order valence-corrected chi connectivity index (χ2v) is 6.87. The maximum Gasteiger partial charge on any atom is 0.416 e. The Morgan fingerprint density at radius 1 is 1.25 bits per heavy atom. The van der Waals surface area contributed by atoms with Crippen molar-refractivity contribution in [2.75, 3.05) is 7.05 Å². The first-order valence-electron chi connectivity index (χ1n) is 8.79. The van der Waals surface area contributed by atoms with Crippen LogP contribution in [0, 0.1) is 12.8 Å². The van der Waals surface area contributed by atoms with E-state index in [4.69, 9.17) is 0 Å². The van der Waals surface area contributed by atoms with Crippen LogP contribution in [0.4, 0.5) is 13.2 Å². The Bertz CT molecular complexity index is 859. The summed E-state index contributed by atoms with van der Waals surface area (Å²) in [7, 11) is 1.48. The third-order valence-electron chi connectivity index (χ3n) is 4.25. The minimum atomic E-state index is -4.48. The normalized spacial score (nSPS) is 12.7. The minimum Gasteiger partial charge on any atom is -0.357 e. The summed E-state index contributed by atoms with van der Waals surface area (Å²) in [5.74, 6) is -0.647. The molecule has 1 heterocycles. The minimum absolute atomic E-state index is 0.177. The van der Waals surface area contributed by atoms with Gasteiger partial charge in [-0.1, -0.05) is 19.9 Å². The van der Waals surface area contributed by atoms with Crippen LogP contribution < -0.4 is 10.6 Å². The number of rotatable bonds is 6. The average Bonchev–Trinajstić information content (AvgIpc) is 3.01. The van der Waals surface area contributed by atoms with Crippen molar-refractivity contribution in [2.24, 2.45) is 5.92 Å². The number of alkyl halides is 3. The van der Waals surface area contributed by atoms with Crippen molar-refractivity contribution in [1.82, 2.24) is 20.4 Å². The van der Waals surface area contributed by atoms with Gasteiger partial charge >= 0.3 is 6.18 Å². The zero-order valence-electron chi connectivity index (χ0n) is 16.1. The molecule has 2 amide bonds.